The van der Waals surface area contributed by atoms with E-state index in [1.807, 2.05) is 13.0 Å². The van der Waals surface area contributed by atoms with Crippen molar-refractivity contribution in [3.63, 3.8) is 0 Å². The van der Waals surface area contributed by atoms with Crippen molar-refractivity contribution in [2.75, 3.05) is 26.9 Å². The highest BCUT2D eigenvalue weighted by Gasteiger charge is 2.13. The Labute approximate surface area is 107 Å². The van der Waals surface area contributed by atoms with Gasteiger partial charge in [-0.05, 0) is 19.1 Å². The highest BCUT2D eigenvalue weighted by atomic mass is 16.5. The molecule has 5 nitrogen and oxygen atoms in total. The van der Waals surface area contributed by atoms with E-state index < -0.39 is 6.10 Å². The van der Waals surface area contributed by atoms with Crippen molar-refractivity contribution in [2.24, 2.45) is 0 Å². The lowest BCUT2D eigenvalue weighted by Gasteiger charge is -2.13. The van der Waals surface area contributed by atoms with E-state index in [1.54, 1.807) is 18.2 Å². The number of hydrogen-bond donors (Lipinski definition) is 2. The first kappa shape index (κ1) is 14.5. The predicted molar refractivity (Wildman–Crippen MR) is 67.8 cm³/mol. The van der Waals surface area contributed by atoms with Crippen LogP contribution in [0.3, 0.4) is 0 Å². The summed E-state index contributed by atoms with van der Waals surface area (Å²) in [5.74, 6) is 0.271. The molecular formula is C13H19NO4. The summed E-state index contributed by atoms with van der Waals surface area (Å²) in [6.45, 7) is 2.69. The lowest BCUT2D eigenvalue weighted by Crippen LogP contribution is -2.34. The molecule has 1 rings (SSSR count). The number of carbonyl (C=O) groups is 1. The molecule has 0 bridgehead atoms. The first-order valence-electron chi connectivity index (χ1n) is 5.86. The highest BCUT2D eigenvalue weighted by Crippen LogP contribution is 2.17. The molecule has 1 unspecified atom stereocenters. The maximum Gasteiger partial charge on any atom is 0.255 e. The van der Waals surface area contributed by atoms with Gasteiger partial charge in [0.15, 0.2) is 0 Å². The molecule has 0 saturated heterocycles. The molecule has 2 N–H and O–H groups in total. The molecule has 0 aliphatic carbocycles. The van der Waals surface area contributed by atoms with Crippen LogP contribution in [-0.2, 0) is 4.74 Å². The van der Waals surface area contributed by atoms with E-state index in [-0.39, 0.29) is 19.1 Å². The SMILES string of the molecule is CCOc1ccccc1C(=O)NCC(O)COC. The van der Waals surface area contributed by atoms with Crippen LogP contribution in [0.4, 0.5) is 0 Å². The van der Waals surface area contributed by atoms with Crippen LogP contribution in [0.2, 0.25) is 0 Å². The molecule has 0 heterocycles. The van der Waals surface area contributed by atoms with Crippen LogP contribution < -0.4 is 10.1 Å². The lowest BCUT2D eigenvalue weighted by molar-refractivity contribution is 0.0609. The van der Waals surface area contributed by atoms with E-state index in [9.17, 15) is 9.90 Å². The quantitative estimate of drug-likeness (QED) is 0.755. The van der Waals surface area contributed by atoms with Crippen molar-refractivity contribution < 1.29 is 19.4 Å². The normalized spacial score (nSPS) is 11.9. The van der Waals surface area contributed by atoms with Gasteiger partial charge in [-0.2, -0.15) is 0 Å². The van der Waals surface area contributed by atoms with Crippen molar-refractivity contribution >= 4 is 5.91 Å². The summed E-state index contributed by atoms with van der Waals surface area (Å²) in [5, 5.41) is 12.1. The molecule has 1 amide bonds. The van der Waals surface area contributed by atoms with Gasteiger partial charge in [0.05, 0.1) is 24.9 Å². The third kappa shape index (κ3) is 4.35. The van der Waals surface area contributed by atoms with Gasteiger partial charge in [-0.1, -0.05) is 12.1 Å². The zero-order chi connectivity index (χ0) is 13.4. The smallest absolute Gasteiger partial charge is 0.255 e. The summed E-state index contributed by atoms with van der Waals surface area (Å²) in [6.07, 6.45) is -0.710. The first-order valence-corrected chi connectivity index (χ1v) is 5.86. The van der Waals surface area contributed by atoms with Crippen molar-refractivity contribution in [3.05, 3.63) is 29.8 Å². The molecule has 0 aliphatic rings. The van der Waals surface area contributed by atoms with Crippen molar-refractivity contribution in [1.29, 1.82) is 0 Å². The van der Waals surface area contributed by atoms with E-state index in [1.165, 1.54) is 7.11 Å². The number of aliphatic hydroxyl groups excluding tert-OH is 1. The second-order valence-corrected chi connectivity index (χ2v) is 3.75. The lowest BCUT2D eigenvalue weighted by atomic mass is 10.2. The predicted octanol–water partition coefficient (Wildman–Crippen LogP) is 0.822. The van der Waals surface area contributed by atoms with Gasteiger partial charge in [0.1, 0.15) is 5.75 Å². The number of rotatable bonds is 7. The second kappa shape index (κ2) is 7.68. The van der Waals surface area contributed by atoms with Crippen LogP contribution in [0, 0.1) is 0 Å². The highest BCUT2D eigenvalue weighted by molar-refractivity contribution is 5.96. The van der Waals surface area contributed by atoms with Crippen molar-refractivity contribution in [3.8, 4) is 5.75 Å². The Bertz CT molecular complexity index is 381. The molecule has 1 atom stereocenters. The van der Waals surface area contributed by atoms with Crippen molar-refractivity contribution in [2.45, 2.75) is 13.0 Å². The number of aliphatic hydroxyl groups is 1. The molecule has 0 radical (unpaired) electrons. The minimum Gasteiger partial charge on any atom is -0.493 e. The number of para-hydroxylation sites is 1. The minimum atomic E-state index is -0.710. The summed E-state index contributed by atoms with van der Waals surface area (Å²) in [4.78, 5) is 11.9. The molecule has 0 fully saturated rings. The Hall–Kier alpha value is -1.59. The molecule has 100 valence electrons. The third-order valence-electron chi connectivity index (χ3n) is 2.29. The van der Waals surface area contributed by atoms with Crippen LogP contribution in [-0.4, -0.2) is 44.0 Å². The van der Waals surface area contributed by atoms with E-state index in [2.05, 4.69) is 5.32 Å². The van der Waals surface area contributed by atoms with Crippen LogP contribution in [0.25, 0.3) is 0 Å². The van der Waals surface area contributed by atoms with Crippen molar-refractivity contribution in [1.82, 2.24) is 5.32 Å². The monoisotopic (exact) mass is 253 g/mol. The van der Waals surface area contributed by atoms with E-state index >= 15 is 0 Å². The number of nitrogens with one attached hydrogen (secondary N) is 1. The second-order valence-electron chi connectivity index (χ2n) is 3.75. The Morgan fingerprint density at radius 1 is 1.44 bits per heavy atom. The number of ether oxygens (including phenoxy) is 2. The van der Waals surface area contributed by atoms with E-state index in [4.69, 9.17) is 9.47 Å². The topological polar surface area (TPSA) is 67.8 Å². The number of hydrogen-bond acceptors (Lipinski definition) is 4. The zero-order valence-electron chi connectivity index (χ0n) is 10.7. The number of benzene rings is 1. The molecule has 1 aromatic carbocycles. The van der Waals surface area contributed by atoms with Gasteiger partial charge in [-0.25, -0.2) is 0 Å². The van der Waals surface area contributed by atoms with E-state index in [0.717, 1.165) is 0 Å². The molecular weight excluding hydrogens is 234 g/mol. The first-order chi connectivity index (χ1) is 8.69. The van der Waals surface area contributed by atoms with Gasteiger partial charge in [0, 0.05) is 13.7 Å². The third-order valence-corrected chi connectivity index (χ3v) is 2.29. The fourth-order valence-electron chi connectivity index (χ4n) is 1.49. The zero-order valence-corrected chi connectivity index (χ0v) is 10.7. The summed E-state index contributed by atoms with van der Waals surface area (Å²) in [5.41, 5.74) is 0.462. The maximum absolute atomic E-state index is 11.9. The number of methoxy groups -OCH3 is 1. The average Bonchev–Trinajstić information content (AvgIpc) is 2.37. The van der Waals surface area contributed by atoms with Gasteiger partial charge in [0.2, 0.25) is 0 Å². The largest absolute Gasteiger partial charge is 0.493 e. The maximum atomic E-state index is 11.9. The number of amides is 1. The minimum absolute atomic E-state index is 0.146. The standard InChI is InChI=1S/C13H19NO4/c1-3-18-12-7-5-4-6-11(12)13(16)14-8-10(15)9-17-2/h4-7,10,15H,3,8-9H2,1-2H3,(H,14,16). The van der Waals surface area contributed by atoms with Crippen LogP contribution in [0.1, 0.15) is 17.3 Å². The molecule has 0 aliphatic heterocycles. The summed E-state index contributed by atoms with van der Waals surface area (Å²) >= 11 is 0. The summed E-state index contributed by atoms with van der Waals surface area (Å²) in [7, 11) is 1.50. The molecule has 0 spiro atoms. The fourth-order valence-corrected chi connectivity index (χ4v) is 1.49. The van der Waals surface area contributed by atoms with E-state index in [0.29, 0.717) is 17.9 Å². The molecule has 0 saturated carbocycles. The summed E-state index contributed by atoms with van der Waals surface area (Å²) < 4.78 is 10.1. The van der Waals surface area contributed by atoms with Crippen LogP contribution in [0.15, 0.2) is 24.3 Å². The Kier molecular flexibility index (Phi) is 6.18. The van der Waals surface area contributed by atoms with Crippen LogP contribution in [0.5, 0.6) is 5.75 Å². The number of carbonyl (C=O) groups excluding carboxylic acids is 1. The van der Waals surface area contributed by atoms with Gasteiger partial charge < -0.3 is 19.9 Å². The molecule has 18 heavy (non-hydrogen) atoms. The van der Waals surface area contributed by atoms with Gasteiger partial charge >= 0.3 is 0 Å². The van der Waals surface area contributed by atoms with Gasteiger partial charge in [-0.3, -0.25) is 4.79 Å². The average molecular weight is 253 g/mol. The van der Waals surface area contributed by atoms with Gasteiger partial charge in [0.25, 0.3) is 5.91 Å². The fraction of sp³-hybridized carbons (Fsp3) is 0.462. The summed E-state index contributed by atoms with van der Waals surface area (Å²) in [6, 6.07) is 7.00. The molecule has 5 heteroatoms. The molecule has 1 aromatic rings. The Balaban J connectivity index is 2.60. The van der Waals surface area contributed by atoms with Crippen LogP contribution >= 0.6 is 0 Å². The Morgan fingerprint density at radius 2 is 2.17 bits per heavy atom. The molecule has 0 aromatic heterocycles. The van der Waals surface area contributed by atoms with Gasteiger partial charge in [-0.15, -0.1) is 0 Å². The Morgan fingerprint density at radius 3 is 2.83 bits per heavy atom.